The molecule has 1 heterocycles. The molecule has 1 aromatic rings. The molecule has 0 saturated carbocycles. The van der Waals surface area contributed by atoms with Crippen LogP contribution >= 0.6 is 0 Å². The highest BCUT2D eigenvalue weighted by Crippen LogP contribution is 2.33. The largest absolute Gasteiger partial charge is 0.471 e. The standard InChI is InChI=1S/C18H22F3NO5/c1-11-15(25-10-13-7-5-4-6-8-13)17(3,22-16(24)18(19,20)21)9-14(26-11)27-12(2)23/h4-8,11,14-15H,9-10H2,1-3H3,(H,22,24)/t11-,14+,15+,17-/m0/s1. The van der Waals surface area contributed by atoms with Crippen molar-refractivity contribution in [1.82, 2.24) is 5.32 Å². The average molecular weight is 389 g/mol. The third-order valence-corrected chi connectivity index (χ3v) is 4.24. The number of benzene rings is 1. The molecule has 0 bridgehead atoms. The molecule has 1 amide bonds. The molecule has 0 aliphatic carbocycles. The molecule has 1 aromatic carbocycles. The first kappa shape index (κ1) is 21.2. The van der Waals surface area contributed by atoms with E-state index in [4.69, 9.17) is 14.2 Å². The lowest BCUT2D eigenvalue weighted by Crippen LogP contribution is -2.66. The van der Waals surface area contributed by atoms with Crippen molar-refractivity contribution >= 4 is 11.9 Å². The molecule has 0 aromatic heterocycles. The van der Waals surface area contributed by atoms with Crippen LogP contribution in [0, 0.1) is 0 Å². The highest BCUT2D eigenvalue weighted by atomic mass is 19.4. The summed E-state index contributed by atoms with van der Waals surface area (Å²) >= 11 is 0. The van der Waals surface area contributed by atoms with Crippen molar-refractivity contribution in [3.63, 3.8) is 0 Å². The molecule has 1 aliphatic heterocycles. The smallest absolute Gasteiger partial charge is 0.436 e. The summed E-state index contributed by atoms with van der Waals surface area (Å²) in [4.78, 5) is 22.8. The van der Waals surface area contributed by atoms with Crippen molar-refractivity contribution < 1.29 is 37.0 Å². The van der Waals surface area contributed by atoms with Gasteiger partial charge in [0, 0.05) is 13.3 Å². The van der Waals surface area contributed by atoms with Gasteiger partial charge in [-0.05, 0) is 19.4 Å². The monoisotopic (exact) mass is 389 g/mol. The van der Waals surface area contributed by atoms with Crippen LogP contribution in [0.5, 0.6) is 0 Å². The normalized spacial score (nSPS) is 28.4. The lowest BCUT2D eigenvalue weighted by molar-refractivity contribution is -0.247. The summed E-state index contributed by atoms with van der Waals surface area (Å²) in [6.45, 7) is 4.29. The van der Waals surface area contributed by atoms with Gasteiger partial charge in [-0.15, -0.1) is 0 Å². The highest BCUT2D eigenvalue weighted by molar-refractivity contribution is 5.82. The number of esters is 1. The summed E-state index contributed by atoms with van der Waals surface area (Å²) in [5.74, 6) is -2.73. The highest BCUT2D eigenvalue weighted by Gasteiger charge is 2.51. The molecule has 1 saturated heterocycles. The fourth-order valence-corrected chi connectivity index (χ4v) is 3.13. The minimum Gasteiger partial charge on any atom is -0.436 e. The van der Waals surface area contributed by atoms with Crippen LogP contribution in [0.2, 0.25) is 0 Å². The Morgan fingerprint density at radius 2 is 1.93 bits per heavy atom. The van der Waals surface area contributed by atoms with Gasteiger partial charge in [0.05, 0.1) is 18.2 Å². The van der Waals surface area contributed by atoms with Gasteiger partial charge in [-0.1, -0.05) is 30.3 Å². The van der Waals surface area contributed by atoms with E-state index in [2.05, 4.69) is 0 Å². The van der Waals surface area contributed by atoms with Gasteiger partial charge < -0.3 is 19.5 Å². The van der Waals surface area contributed by atoms with Crippen LogP contribution in [-0.4, -0.2) is 42.1 Å². The van der Waals surface area contributed by atoms with Crippen LogP contribution in [0.1, 0.15) is 32.8 Å². The van der Waals surface area contributed by atoms with Gasteiger partial charge in [0.15, 0.2) is 0 Å². The lowest BCUT2D eigenvalue weighted by atomic mass is 9.84. The van der Waals surface area contributed by atoms with Crippen molar-refractivity contribution in [2.75, 3.05) is 0 Å². The van der Waals surface area contributed by atoms with Gasteiger partial charge in [0.2, 0.25) is 6.29 Å². The molecular formula is C18H22F3NO5. The van der Waals surface area contributed by atoms with E-state index in [0.29, 0.717) is 0 Å². The van der Waals surface area contributed by atoms with E-state index in [1.165, 1.54) is 6.92 Å². The summed E-state index contributed by atoms with van der Waals surface area (Å²) in [5, 5.41) is 1.99. The first-order chi connectivity index (χ1) is 12.5. The topological polar surface area (TPSA) is 73.9 Å². The molecule has 1 aliphatic rings. The van der Waals surface area contributed by atoms with Gasteiger partial charge in [-0.3, -0.25) is 9.59 Å². The van der Waals surface area contributed by atoms with Crippen LogP contribution in [-0.2, 0) is 30.4 Å². The van der Waals surface area contributed by atoms with E-state index in [9.17, 15) is 22.8 Å². The molecule has 1 N–H and O–H groups in total. The molecule has 6 nitrogen and oxygen atoms in total. The molecule has 27 heavy (non-hydrogen) atoms. The lowest BCUT2D eigenvalue weighted by Gasteiger charge is -2.47. The number of hydrogen-bond acceptors (Lipinski definition) is 5. The zero-order chi connectivity index (χ0) is 20.2. The van der Waals surface area contributed by atoms with E-state index in [0.717, 1.165) is 12.5 Å². The average Bonchev–Trinajstić information content (AvgIpc) is 2.53. The Morgan fingerprint density at radius 1 is 1.30 bits per heavy atom. The molecule has 4 atom stereocenters. The predicted octanol–water partition coefficient (Wildman–Crippen LogP) is 2.71. The fourth-order valence-electron chi connectivity index (χ4n) is 3.13. The zero-order valence-electron chi connectivity index (χ0n) is 15.2. The molecule has 2 rings (SSSR count). The number of hydrogen-bond donors (Lipinski definition) is 1. The molecule has 150 valence electrons. The zero-order valence-corrected chi connectivity index (χ0v) is 15.2. The van der Waals surface area contributed by atoms with Crippen LogP contribution in [0.25, 0.3) is 0 Å². The Hall–Kier alpha value is -2.13. The number of carbonyl (C=O) groups is 2. The van der Waals surface area contributed by atoms with Gasteiger partial charge in [0.1, 0.15) is 6.10 Å². The second-order valence-corrected chi connectivity index (χ2v) is 6.67. The van der Waals surface area contributed by atoms with Crippen LogP contribution in [0.15, 0.2) is 30.3 Å². The summed E-state index contributed by atoms with van der Waals surface area (Å²) in [7, 11) is 0. The van der Waals surface area contributed by atoms with Crippen molar-refractivity contribution in [2.24, 2.45) is 0 Å². The van der Waals surface area contributed by atoms with Crippen LogP contribution in [0.3, 0.4) is 0 Å². The van der Waals surface area contributed by atoms with Crippen LogP contribution in [0.4, 0.5) is 13.2 Å². The van der Waals surface area contributed by atoms with Crippen molar-refractivity contribution in [2.45, 2.75) is 64.0 Å². The third-order valence-electron chi connectivity index (χ3n) is 4.24. The number of ether oxygens (including phenoxy) is 3. The van der Waals surface area contributed by atoms with E-state index in [1.807, 2.05) is 23.5 Å². The van der Waals surface area contributed by atoms with Crippen LogP contribution < -0.4 is 5.32 Å². The fraction of sp³-hybridized carbons (Fsp3) is 0.556. The van der Waals surface area contributed by atoms with Crippen molar-refractivity contribution in [3.05, 3.63) is 35.9 Å². The first-order valence-electron chi connectivity index (χ1n) is 8.39. The van der Waals surface area contributed by atoms with Crippen molar-refractivity contribution in [1.29, 1.82) is 0 Å². The Kier molecular flexibility index (Phi) is 6.48. The molecule has 9 heteroatoms. The maximum absolute atomic E-state index is 12.8. The predicted molar refractivity (Wildman–Crippen MR) is 88.3 cm³/mol. The number of halogens is 3. The van der Waals surface area contributed by atoms with E-state index in [1.54, 1.807) is 19.1 Å². The SMILES string of the molecule is CC(=O)O[C@@H]1C[C@](C)(NC(=O)C(F)(F)F)[C@H](OCc2ccccc2)[C@H](C)O1. The molecular weight excluding hydrogens is 367 g/mol. The Balaban J connectivity index is 2.21. The summed E-state index contributed by atoms with van der Waals surface area (Å²) in [6, 6.07) is 9.05. The third kappa shape index (κ3) is 5.67. The Labute approximate surface area is 155 Å². The van der Waals surface area contributed by atoms with Gasteiger partial charge in [-0.2, -0.15) is 13.2 Å². The summed E-state index contributed by atoms with van der Waals surface area (Å²) < 4.78 is 54.7. The van der Waals surface area contributed by atoms with Gasteiger partial charge in [-0.25, -0.2) is 0 Å². The van der Waals surface area contributed by atoms with E-state index < -0.39 is 42.1 Å². The first-order valence-corrected chi connectivity index (χ1v) is 8.39. The number of amides is 1. The maximum atomic E-state index is 12.8. The quantitative estimate of drug-likeness (QED) is 0.784. The van der Waals surface area contributed by atoms with E-state index >= 15 is 0 Å². The minimum atomic E-state index is -5.05. The summed E-state index contributed by atoms with van der Waals surface area (Å²) in [6.07, 6.45) is -7.95. The second-order valence-electron chi connectivity index (χ2n) is 6.67. The van der Waals surface area contributed by atoms with Gasteiger partial charge in [0.25, 0.3) is 0 Å². The minimum absolute atomic E-state index is 0.120. The van der Waals surface area contributed by atoms with E-state index in [-0.39, 0.29) is 13.0 Å². The summed E-state index contributed by atoms with van der Waals surface area (Å²) in [5.41, 5.74) is -0.643. The molecule has 0 spiro atoms. The molecule has 0 unspecified atom stereocenters. The van der Waals surface area contributed by atoms with Gasteiger partial charge >= 0.3 is 18.1 Å². The van der Waals surface area contributed by atoms with Crippen molar-refractivity contribution in [3.8, 4) is 0 Å². The molecule has 0 radical (unpaired) electrons. The molecule has 1 fully saturated rings. The maximum Gasteiger partial charge on any atom is 0.471 e. The Bertz CT molecular complexity index is 667. The second kappa shape index (κ2) is 8.26. The Morgan fingerprint density at radius 3 is 2.48 bits per heavy atom. The number of alkyl halides is 3. The number of carbonyl (C=O) groups excluding carboxylic acids is 2. The number of nitrogens with one attached hydrogen (secondary N) is 1. The number of rotatable bonds is 5.